The molecule has 3 atom stereocenters. The second kappa shape index (κ2) is 59.0. The van der Waals surface area contributed by atoms with Crippen LogP contribution in [0.3, 0.4) is 0 Å². The van der Waals surface area contributed by atoms with Gasteiger partial charge in [-0.05, 0) is 96.3 Å². The Labute approximate surface area is 475 Å². The van der Waals surface area contributed by atoms with Crippen molar-refractivity contribution in [2.45, 2.75) is 251 Å². The van der Waals surface area contributed by atoms with Crippen LogP contribution in [-0.4, -0.2) is 66.5 Å². The van der Waals surface area contributed by atoms with Crippen LogP contribution in [0.5, 0.6) is 0 Å². The molecule has 78 heavy (non-hydrogen) atoms. The first-order valence-corrected chi connectivity index (χ1v) is 31.9. The Kier molecular flexibility index (Phi) is 55.9. The van der Waals surface area contributed by atoms with Gasteiger partial charge in [-0.25, -0.2) is 4.57 Å². The van der Waals surface area contributed by atoms with Crippen molar-refractivity contribution in [2.24, 2.45) is 0 Å². The number of ether oxygens (including phenoxy) is 3. The van der Waals surface area contributed by atoms with E-state index in [9.17, 15) is 28.9 Å². The molecule has 0 fully saturated rings. The lowest BCUT2D eigenvalue weighted by atomic mass is 10.0. The molecule has 0 amide bonds. The minimum atomic E-state index is -4.79. The normalized spacial score (nSPS) is 14.2. The number of rotatable bonds is 55. The average Bonchev–Trinajstić information content (AvgIpc) is 3.43. The molecule has 0 radical (unpaired) electrons. The van der Waals surface area contributed by atoms with Gasteiger partial charge in [0.15, 0.2) is 6.10 Å². The zero-order chi connectivity index (χ0) is 56.9. The summed E-state index contributed by atoms with van der Waals surface area (Å²) in [6.07, 6.45) is 73.2. The Bertz CT molecular complexity index is 1770. The Morgan fingerprint density at radius 3 is 1.10 bits per heavy atom. The number of hydrogen-bond acceptors (Lipinski definition) is 10. The van der Waals surface area contributed by atoms with E-state index in [1.807, 2.05) is 12.2 Å². The number of phosphoric ester groups is 1. The maximum Gasteiger partial charge on any atom is 0.472 e. The number of unbranched alkanes of at least 4 members (excludes halogenated alkanes) is 18. The molecule has 11 nitrogen and oxygen atoms in total. The molecule has 0 saturated carbocycles. The molecule has 0 saturated heterocycles. The van der Waals surface area contributed by atoms with Crippen LogP contribution < -0.4 is 0 Å². The average molecular weight is 1110 g/mol. The van der Waals surface area contributed by atoms with E-state index in [0.717, 1.165) is 89.9 Å². The lowest BCUT2D eigenvalue weighted by Crippen LogP contribution is -2.30. The molecule has 0 spiro atoms. The van der Waals surface area contributed by atoms with E-state index in [0.29, 0.717) is 25.7 Å². The van der Waals surface area contributed by atoms with Crippen molar-refractivity contribution in [3.05, 3.63) is 122 Å². The van der Waals surface area contributed by atoms with Crippen molar-refractivity contribution in [1.29, 1.82) is 0 Å². The van der Waals surface area contributed by atoms with Gasteiger partial charge in [0.2, 0.25) is 0 Å². The lowest BCUT2D eigenvalue weighted by molar-refractivity contribution is -0.161. The van der Waals surface area contributed by atoms with Crippen LogP contribution in [0.2, 0.25) is 0 Å². The third kappa shape index (κ3) is 56.6. The van der Waals surface area contributed by atoms with Crippen LogP contribution in [-0.2, 0) is 42.2 Å². The smallest absolute Gasteiger partial charge is 0.462 e. The van der Waals surface area contributed by atoms with E-state index in [-0.39, 0.29) is 25.9 Å². The Morgan fingerprint density at radius 2 is 0.692 bits per heavy atom. The van der Waals surface area contributed by atoms with Crippen LogP contribution in [0, 0.1) is 0 Å². The van der Waals surface area contributed by atoms with E-state index in [2.05, 4.69) is 130 Å². The van der Waals surface area contributed by atoms with E-state index in [4.69, 9.17) is 23.3 Å². The second-order valence-corrected chi connectivity index (χ2v) is 21.2. The summed E-state index contributed by atoms with van der Waals surface area (Å²) in [5.41, 5.74) is 0. The molecule has 2 N–H and O–H groups in total. The molecule has 3 unspecified atom stereocenters. The van der Waals surface area contributed by atoms with Crippen molar-refractivity contribution in [2.75, 3.05) is 26.4 Å². The van der Waals surface area contributed by atoms with Crippen LogP contribution in [0.25, 0.3) is 0 Å². The fourth-order valence-corrected chi connectivity index (χ4v) is 8.63. The number of aliphatic hydroxyl groups is 1. The van der Waals surface area contributed by atoms with Gasteiger partial charge in [-0.1, -0.05) is 245 Å². The van der Waals surface area contributed by atoms with Crippen LogP contribution in [0.15, 0.2) is 122 Å². The molecule has 0 aliphatic heterocycles. The number of allylic oxidation sites excluding steroid dienone is 20. The summed E-state index contributed by atoms with van der Waals surface area (Å²) >= 11 is 0. The predicted octanol–water partition coefficient (Wildman–Crippen LogP) is 18.4. The molecular weight excluding hydrogens is 1000 g/mol. The highest BCUT2D eigenvalue weighted by atomic mass is 31.2. The molecule has 0 rings (SSSR count). The van der Waals surface area contributed by atoms with Gasteiger partial charge in [-0.3, -0.25) is 23.4 Å². The molecule has 0 heterocycles. The summed E-state index contributed by atoms with van der Waals surface area (Å²) in [4.78, 5) is 48.6. The summed E-state index contributed by atoms with van der Waals surface area (Å²) in [7, 11) is -4.79. The van der Waals surface area contributed by atoms with Crippen LogP contribution in [0.1, 0.15) is 239 Å². The van der Waals surface area contributed by atoms with Crippen molar-refractivity contribution >= 4 is 25.7 Å². The molecule has 0 aromatic heterocycles. The van der Waals surface area contributed by atoms with E-state index in [1.165, 1.54) is 83.5 Å². The highest BCUT2D eigenvalue weighted by Gasteiger charge is 2.28. The first-order valence-electron chi connectivity index (χ1n) is 30.4. The van der Waals surface area contributed by atoms with Crippen molar-refractivity contribution in [1.82, 2.24) is 0 Å². The lowest BCUT2D eigenvalue weighted by Gasteiger charge is -2.21. The molecule has 0 aliphatic carbocycles. The molecule has 0 aromatic carbocycles. The molecule has 0 aliphatic rings. The zero-order valence-electron chi connectivity index (χ0n) is 49.1. The fourth-order valence-electron chi connectivity index (χ4n) is 7.84. The summed E-state index contributed by atoms with van der Waals surface area (Å²) < 4.78 is 39.5. The van der Waals surface area contributed by atoms with Gasteiger partial charge < -0.3 is 24.2 Å². The van der Waals surface area contributed by atoms with Crippen molar-refractivity contribution in [3.8, 4) is 0 Å². The first kappa shape index (κ1) is 73.9. The topological polar surface area (TPSA) is 155 Å². The van der Waals surface area contributed by atoms with Crippen molar-refractivity contribution in [3.63, 3.8) is 0 Å². The third-order valence-corrected chi connectivity index (χ3v) is 13.3. The Balaban J connectivity index is 4.87. The van der Waals surface area contributed by atoms with Crippen LogP contribution >= 0.6 is 7.82 Å². The number of carbonyl (C=O) groups excluding carboxylic acids is 3. The van der Waals surface area contributed by atoms with Gasteiger partial charge in [0.25, 0.3) is 0 Å². The Hall–Kier alpha value is -4.12. The fraction of sp³-hybridized carbons (Fsp3) is 0.652. The molecule has 444 valence electrons. The quantitative estimate of drug-likeness (QED) is 0.0197. The minimum Gasteiger partial charge on any atom is -0.462 e. The van der Waals surface area contributed by atoms with E-state index >= 15 is 0 Å². The minimum absolute atomic E-state index is 0.0349. The SMILES string of the molecule is CC/C=C\C/C=C\C/C=C\C/C=C\C/C=C\C/C=C\CCC(=O)OC(COC(=O)CCCCCCCCCCCCCCCCCCC)COP(=O)(O)OCC(CO)OC(=O)CCCC/C=C\C/C=C\C/C=C\C/C=C\CC. The maximum absolute atomic E-state index is 12.9. The summed E-state index contributed by atoms with van der Waals surface area (Å²) in [6, 6.07) is 0. The number of esters is 3. The second-order valence-electron chi connectivity index (χ2n) is 19.8. The zero-order valence-corrected chi connectivity index (χ0v) is 50.0. The number of aliphatic hydroxyl groups excluding tert-OH is 1. The number of carbonyl (C=O) groups is 3. The van der Waals surface area contributed by atoms with E-state index in [1.54, 1.807) is 0 Å². The summed E-state index contributed by atoms with van der Waals surface area (Å²) in [5.74, 6) is -1.61. The highest BCUT2D eigenvalue weighted by molar-refractivity contribution is 7.47. The largest absolute Gasteiger partial charge is 0.472 e. The molecule has 0 aromatic rings. The maximum atomic E-state index is 12.9. The Morgan fingerprint density at radius 1 is 0.372 bits per heavy atom. The van der Waals surface area contributed by atoms with Gasteiger partial charge in [0.05, 0.1) is 19.8 Å². The third-order valence-electron chi connectivity index (χ3n) is 12.4. The number of hydrogen-bond donors (Lipinski definition) is 2. The standard InChI is InChI=1S/C66H109O11P/c1-4-7-10-13-16-19-22-25-28-30-31-33-36-39-42-45-48-51-54-57-66(70)77-63(59-73-64(68)55-52-49-46-43-40-37-35-32-29-26-23-20-17-14-11-8-5-2)61-75-78(71,72)74-60-62(58-67)76-65(69)56-53-50-47-44-41-38-34-27-24-21-18-15-12-9-6-3/h7,9-10,12,16,18-19,21,25,27-28,31,33-34,39,41-42,44,48,51,62-63,67H,4-6,8,11,13-15,17,20,22-24,26,29-30,32,35-38,40,43,45-47,49-50,52-61H2,1-3H3,(H,71,72)/b10-7-,12-9-,19-16-,21-18-,28-25-,33-31-,34-27-,42-39-,44-41-,51-48-. The highest BCUT2D eigenvalue weighted by Crippen LogP contribution is 2.43. The first-order chi connectivity index (χ1) is 38.2. The van der Waals surface area contributed by atoms with Crippen molar-refractivity contribution < 1.29 is 52.2 Å². The van der Waals surface area contributed by atoms with Gasteiger partial charge >= 0.3 is 25.7 Å². The number of phosphoric acid groups is 1. The van der Waals surface area contributed by atoms with E-state index < -0.39 is 57.8 Å². The molecule has 0 bridgehead atoms. The summed E-state index contributed by atoms with van der Waals surface area (Å²) in [5, 5.41) is 9.82. The predicted molar refractivity (Wildman–Crippen MR) is 325 cm³/mol. The summed E-state index contributed by atoms with van der Waals surface area (Å²) in [6.45, 7) is 4.29. The van der Waals surface area contributed by atoms with Crippen LogP contribution in [0.4, 0.5) is 0 Å². The van der Waals surface area contributed by atoms with Gasteiger partial charge in [-0.15, -0.1) is 0 Å². The monoisotopic (exact) mass is 1110 g/mol. The van der Waals surface area contributed by atoms with Gasteiger partial charge in [0, 0.05) is 19.3 Å². The molecular formula is C66H109O11P. The molecule has 12 heteroatoms. The van der Waals surface area contributed by atoms with Gasteiger partial charge in [0.1, 0.15) is 12.7 Å². The van der Waals surface area contributed by atoms with Gasteiger partial charge in [-0.2, -0.15) is 0 Å².